The van der Waals surface area contributed by atoms with Crippen LogP contribution in [-0.4, -0.2) is 41.1 Å². The molecule has 1 heterocycles. The van der Waals surface area contributed by atoms with E-state index in [2.05, 4.69) is 15.2 Å². The van der Waals surface area contributed by atoms with E-state index in [-0.39, 0.29) is 24.6 Å². The third kappa shape index (κ3) is 8.31. The molecule has 0 unspecified atom stereocenters. The number of hydrogen-bond acceptors (Lipinski definition) is 6. The number of aromatic nitrogens is 2. The lowest BCUT2D eigenvalue weighted by Gasteiger charge is -2.10. The molecule has 3 N–H and O–H groups in total. The van der Waals surface area contributed by atoms with Gasteiger partial charge in [-0.25, -0.2) is 9.48 Å². The molecule has 3 rings (SSSR count). The van der Waals surface area contributed by atoms with E-state index in [4.69, 9.17) is 5.73 Å². The fraction of sp³-hybridized carbons (Fsp3) is 0.357. The molecule has 0 saturated heterocycles. The maximum atomic E-state index is 14.1. The monoisotopic (exact) mass is 528 g/mol. The summed E-state index contributed by atoms with van der Waals surface area (Å²) in [5, 5.41) is 6.73. The summed E-state index contributed by atoms with van der Waals surface area (Å²) in [5.41, 5.74) is 7.15. The van der Waals surface area contributed by atoms with Crippen LogP contribution in [0.25, 0.3) is 5.69 Å². The van der Waals surface area contributed by atoms with E-state index in [0.717, 1.165) is 18.6 Å². The molecule has 0 aliphatic carbocycles. The molecule has 204 valence electrons. The first-order valence-electron chi connectivity index (χ1n) is 12.4. The lowest BCUT2D eigenvalue weighted by Crippen LogP contribution is -2.25. The third-order valence-electron chi connectivity index (χ3n) is 5.52. The molecule has 0 bridgehead atoms. The van der Waals surface area contributed by atoms with Crippen molar-refractivity contribution in [1.29, 1.82) is 0 Å². The van der Waals surface area contributed by atoms with Gasteiger partial charge in [0.05, 0.1) is 24.9 Å². The van der Waals surface area contributed by atoms with Gasteiger partial charge >= 0.3 is 5.97 Å². The Balaban J connectivity index is 0.00000247. The van der Waals surface area contributed by atoms with Crippen molar-refractivity contribution in [2.45, 2.75) is 52.5 Å². The molecule has 2 aromatic carbocycles. The smallest absolute Gasteiger partial charge is 0.337 e. The number of nitrogens with one attached hydrogen (secondary N) is 1. The van der Waals surface area contributed by atoms with Gasteiger partial charge in [-0.3, -0.25) is 9.59 Å². The highest BCUT2D eigenvalue weighted by atomic mass is 19.3. The van der Waals surface area contributed by atoms with Crippen LogP contribution in [0, 0.1) is 0 Å². The number of hydrogen-bond donors (Lipinski definition) is 2. The number of esters is 1. The quantitative estimate of drug-likeness (QED) is 0.352. The van der Waals surface area contributed by atoms with Gasteiger partial charge in [0.1, 0.15) is 17.2 Å². The molecular weight excluding hydrogens is 494 g/mol. The fourth-order valence-electron chi connectivity index (χ4n) is 3.54. The number of benzene rings is 2. The number of amides is 1. The minimum Gasteiger partial charge on any atom is -0.465 e. The average Bonchev–Trinajstić information content (AvgIpc) is 3.39. The van der Waals surface area contributed by atoms with Gasteiger partial charge in [-0.15, -0.1) is 0 Å². The molecule has 38 heavy (non-hydrogen) atoms. The SMILES string of the molecule is CC.COC(=O)c1ccc(CNC(=O)c2cc(C(C)(F)F)nn2-c2cccc(CCCC(=O)CN)c2)cc1. The topological polar surface area (TPSA) is 116 Å². The van der Waals surface area contributed by atoms with Crippen LogP contribution >= 0.6 is 0 Å². The molecule has 0 aliphatic rings. The number of carbonyl (C=O) groups excluding carboxylic acids is 3. The molecule has 0 radical (unpaired) electrons. The predicted molar refractivity (Wildman–Crippen MR) is 140 cm³/mol. The van der Waals surface area contributed by atoms with E-state index in [1.54, 1.807) is 42.5 Å². The first-order valence-corrected chi connectivity index (χ1v) is 12.4. The number of carbonyl (C=O) groups is 3. The molecule has 3 aromatic rings. The highest BCUT2D eigenvalue weighted by molar-refractivity contribution is 5.93. The zero-order chi connectivity index (χ0) is 28.3. The Hall–Kier alpha value is -3.92. The number of alkyl halides is 2. The number of Topliss-reactive ketones (excluding diaryl/α,β-unsaturated/α-hetero) is 1. The van der Waals surface area contributed by atoms with Crippen molar-refractivity contribution in [2.75, 3.05) is 13.7 Å². The number of ether oxygens (including phenoxy) is 1. The molecule has 0 saturated carbocycles. The Kier molecular flexibility index (Phi) is 11.3. The standard InChI is InChI=1S/C26H28F2N4O4.C2H6/c1-26(27,28)23-14-22(24(34)30-16-18-9-11-19(12-10-18)25(35)36-2)32(31-23)20-7-3-5-17(13-20)6-4-8-21(33)15-29;1-2/h3,5,7,9-14H,4,6,8,15-16,29H2,1-2H3,(H,30,34);1-2H3. The van der Waals surface area contributed by atoms with Crippen LogP contribution in [0.4, 0.5) is 8.78 Å². The van der Waals surface area contributed by atoms with Gasteiger partial charge < -0.3 is 15.8 Å². The summed E-state index contributed by atoms with van der Waals surface area (Å²) < 4.78 is 34.0. The molecule has 0 fully saturated rings. The van der Waals surface area contributed by atoms with Crippen LogP contribution < -0.4 is 11.1 Å². The number of methoxy groups -OCH3 is 1. The minimum atomic E-state index is -3.25. The van der Waals surface area contributed by atoms with Gasteiger partial charge in [-0.1, -0.05) is 38.1 Å². The van der Waals surface area contributed by atoms with Crippen LogP contribution in [0.2, 0.25) is 0 Å². The summed E-state index contributed by atoms with van der Waals surface area (Å²) in [6.07, 6.45) is 1.53. The van der Waals surface area contributed by atoms with Gasteiger partial charge in [0.2, 0.25) is 0 Å². The number of aryl methyl sites for hydroxylation is 1. The van der Waals surface area contributed by atoms with Crippen LogP contribution in [0.1, 0.15) is 71.3 Å². The molecule has 8 nitrogen and oxygen atoms in total. The normalized spacial score (nSPS) is 10.8. The second-order valence-electron chi connectivity index (χ2n) is 8.35. The summed E-state index contributed by atoms with van der Waals surface area (Å²) in [4.78, 5) is 36.0. The van der Waals surface area contributed by atoms with Gasteiger partial charge in [0, 0.05) is 19.9 Å². The van der Waals surface area contributed by atoms with Crippen molar-refractivity contribution in [2.24, 2.45) is 5.73 Å². The molecule has 0 spiro atoms. The van der Waals surface area contributed by atoms with Gasteiger partial charge in [-0.2, -0.15) is 13.9 Å². The fourth-order valence-corrected chi connectivity index (χ4v) is 3.54. The number of nitrogens with zero attached hydrogens (tertiary/aromatic N) is 2. The number of halogens is 2. The first kappa shape index (κ1) is 30.3. The summed E-state index contributed by atoms with van der Waals surface area (Å²) >= 11 is 0. The van der Waals surface area contributed by atoms with Gasteiger partial charge in [0.15, 0.2) is 0 Å². The maximum absolute atomic E-state index is 14.1. The van der Waals surface area contributed by atoms with Crippen LogP contribution in [-0.2, 0) is 28.4 Å². The highest BCUT2D eigenvalue weighted by Crippen LogP contribution is 2.28. The Bertz CT molecular complexity index is 1230. The van der Waals surface area contributed by atoms with Crippen LogP contribution in [0.3, 0.4) is 0 Å². The maximum Gasteiger partial charge on any atom is 0.337 e. The van der Waals surface area contributed by atoms with E-state index in [1.165, 1.54) is 11.8 Å². The van der Waals surface area contributed by atoms with Crippen LogP contribution in [0.15, 0.2) is 54.6 Å². The zero-order valence-corrected chi connectivity index (χ0v) is 22.1. The molecule has 1 aromatic heterocycles. The molecule has 0 aliphatic heterocycles. The largest absolute Gasteiger partial charge is 0.465 e. The summed E-state index contributed by atoms with van der Waals surface area (Å²) in [7, 11) is 1.28. The minimum absolute atomic E-state index is 0.00473. The van der Waals surface area contributed by atoms with E-state index in [9.17, 15) is 23.2 Å². The van der Waals surface area contributed by atoms with Crippen molar-refractivity contribution in [3.63, 3.8) is 0 Å². The second kappa shape index (κ2) is 14.1. The van der Waals surface area contributed by atoms with Crippen molar-refractivity contribution in [1.82, 2.24) is 15.1 Å². The Morgan fingerprint density at radius 2 is 1.74 bits per heavy atom. The highest BCUT2D eigenvalue weighted by Gasteiger charge is 2.31. The van der Waals surface area contributed by atoms with Gasteiger partial charge in [0.25, 0.3) is 11.8 Å². The summed E-state index contributed by atoms with van der Waals surface area (Å²) in [5.74, 6) is -4.35. The van der Waals surface area contributed by atoms with Crippen molar-refractivity contribution < 1.29 is 27.9 Å². The van der Waals surface area contributed by atoms with Crippen molar-refractivity contribution >= 4 is 17.7 Å². The number of ketones is 1. The average molecular weight is 529 g/mol. The Labute approximate surface area is 221 Å². The second-order valence-corrected chi connectivity index (χ2v) is 8.35. The summed E-state index contributed by atoms with van der Waals surface area (Å²) in [6.45, 7) is 4.82. The van der Waals surface area contributed by atoms with E-state index < -0.39 is 23.5 Å². The lowest BCUT2D eigenvalue weighted by atomic mass is 10.1. The molecular formula is C28H34F2N4O4. The first-order chi connectivity index (χ1) is 18.1. The third-order valence-corrected chi connectivity index (χ3v) is 5.52. The van der Waals surface area contributed by atoms with E-state index in [1.807, 2.05) is 19.9 Å². The van der Waals surface area contributed by atoms with Crippen molar-refractivity contribution in [3.05, 3.63) is 82.7 Å². The van der Waals surface area contributed by atoms with Gasteiger partial charge in [-0.05, 0) is 54.3 Å². The Morgan fingerprint density at radius 1 is 1.05 bits per heavy atom. The number of nitrogens with two attached hydrogens (primary N) is 1. The van der Waals surface area contributed by atoms with Crippen LogP contribution in [0.5, 0.6) is 0 Å². The predicted octanol–water partition coefficient (Wildman–Crippen LogP) is 4.58. The van der Waals surface area contributed by atoms with E-state index in [0.29, 0.717) is 36.1 Å². The lowest BCUT2D eigenvalue weighted by molar-refractivity contribution is -0.117. The molecule has 0 atom stereocenters. The number of rotatable bonds is 11. The van der Waals surface area contributed by atoms with Crippen molar-refractivity contribution in [3.8, 4) is 5.69 Å². The summed E-state index contributed by atoms with van der Waals surface area (Å²) in [6, 6.07) is 14.5. The zero-order valence-electron chi connectivity index (χ0n) is 22.1. The Morgan fingerprint density at radius 3 is 2.34 bits per heavy atom. The molecule has 1 amide bonds. The molecule has 10 heteroatoms. The van der Waals surface area contributed by atoms with E-state index >= 15 is 0 Å².